The van der Waals surface area contributed by atoms with Gasteiger partial charge in [0.1, 0.15) is 0 Å². The number of amidine groups is 2. The van der Waals surface area contributed by atoms with Crippen molar-refractivity contribution in [2.45, 2.75) is 24.9 Å². The van der Waals surface area contributed by atoms with Gasteiger partial charge in [-0.05, 0) is 81.5 Å². The predicted molar refractivity (Wildman–Crippen MR) is 240 cm³/mol. The average Bonchev–Trinajstić information content (AvgIpc) is 3.63. The Balaban J connectivity index is 1.27. The Morgan fingerprint density at radius 3 is 1.97 bits per heavy atom. The number of aliphatic imine (C=N–C) groups is 2. The minimum absolute atomic E-state index is 0.325. The number of rotatable bonds is 6. The van der Waals surface area contributed by atoms with E-state index < -0.39 is 5.41 Å². The maximum absolute atomic E-state index is 5.45. The summed E-state index contributed by atoms with van der Waals surface area (Å²) in [7, 11) is 0. The molecule has 1 aliphatic carbocycles. The first-order valence-corrected chi connectivity index (χ1v) is 20.2. The Kier molecular flexibility index (Phi) is 7.94. The first-order valence-electron chi connectivity index (χ1n) is 20.2. The van der Waals surface area contributed by atoms with Gasteiger partial charge in [-0.1, -0.05) is 165 Å². The van der Waals surface area contributed by atoms with Gasteiger partial charge in [0.2, 0.25) is 6.17 Å². The normalized spacial score (nSPS) is 18.1. The molecule has 276 valence electrons. The lowest BCUT2D eigenvalue weighted by Gasteiger charge is -2.43. The van der Waals surface area contributed by atoms with Crippen molar-refractivity contribution in [3.8, 4) is 16.8 Å². The summed E-state index contributed by atoms with van der Waals surface area (Å²) in [5.41, 5.74) is 13.2. The molecule has 8 aromatic rings. The van der Waals surface area contributed by atoms with Gasteiger partial charge in [-0.3, -0.25) is 0 Å². The summed E-state index contributed by atoms with van der Waals surface area (Å²) in [6, 6.07) is 63.9. The predicted octanol–water partition coefficient (Wildman–Crippen LogP) is 11.9. The molecule has 2 aliphatic heterocycles. The van der Waals surface area contributed by atoms with E-state index in [2.05, 4.69) is 206 Å². The van der Waals surface area contributed by atoms with Crippen LogP contribution in [0.4, 0.5) is 0 Å². The van der Waals surface area contributed by atoms with Crippen LogP contribution in [0.15, 0.2) is 210 Å². The van der Waals surface area contributed by atoms with Crippen LogP contribution in [0.2, 0.25) is 0 Å². The van der Waals surface area contributed by atoms with E-state index in [0.29, 0.717) is 11.8 Å². The Bertz CT molecular complexity index is 3000. The van der Waals surface area contributed by atoms with Crippen LogP contribution in [-0.4, -0.2) is 33.7 Å². The lowest BCUT2D eigenvalue weighted by atomic mass is 9.61. The van der Waals surface area contributed by atoms with E-state index in [1.807, 2.05) is 10.6 Å². The van der Waals surface area contributed by atoms with E-state index in [9.17, 15) is 0 Å². The Labute approximate surface area is 338 Å². The molecule has 0 N–H and O–H groups in total. The van der Waals surface area contributed by atoms with Gasteiger partial charge in [0.25, 0.3) is 5.84 Å². The van der Waals surface area contributed by atoms with Gasteiger partial charge in [-0.15, -0.1) is 0 Å². The van der Waals surface area contributed by atoms with Crippen molar-refractivity contribution in [2.24, 2.45) is 15.9 Å². The second kappa shape index (κ2) is 13.5. The fourth-order valence-electron chi connectivity index (χ4n) is 9.63. The number of benzene rings is 7. The fourth-order valence-corrected chi connectivity index (χ4v) is 9.63. The van der Waals surface area contributed by atoms with Crippen LogP contribution in [0.3, 0.4) is 0 Å². The van der Waals surface area contributed by atoms with Crippen LogP contribution in [0.5, 0.6) is 0 Å². The molecule has 0 amide bonds. The smallest absolute Gasteiger partial charge is 0.309 e. The lowest BCUT2D eigenvalue weighted by Crippen LogP contribution is -2.37. The van der Waals surface area contributed by atoms with Crippen molar-refractivity contribution in [3.63, 3.8) is 0 Å². The quantitative estimate of drug-likeness (QED) is 0.152. The molecular weight excluding hydrogens is 705 g/mol. The molecule has 2 unspecified atom stereocenters. The van der Waals surface area contributed by atoms with Crippen LogP contribution >= 0.6 is 0 Å². The standard InChI is InChI=1S/C54H41N4/c1-36-27-29-39(30-28-36)53-56-51(55-52(57(53)2)38-19-9-4-10-20-38)40-31-34-48-46(35-40)54(41-21-11-5-12-22-41,42-23-13-6-14-24-42)49-43(37-17-7-3-8-18-37)32-33-45-44-25-15-16-26-47(44)58(48)50(45)49/h3-27,29-36,53H,2,28H2,1H3/q+1. The first-order chi connectivity index (χ1) is 28.6. The molecular formula is C54H41N4+. The largest absolute Gasteiger partial charge is 0.334 e. The van der Waals surface area contributed by atoms with Crippen LogP contribution in [-0.2, 0) is 5.41 Å². The maximum Gasteiger partial charge on any atom is 0.334 e. The molecule has 2 atom stereocenters. The van der Waals surface area contributed by atoms with E-state index in [0.717, 1.165) is 34.6 Å². The number of hydrogen-bond acceptors (Lipinski definition) is 2. The molecule has 0 bridgehead atoms. The SMILES string of the molecule is C=[N+]1C(c2ccccc2)=NC(c2ccc3c(c2)C(c2ccccc2)(c2ccccc2)c2c(-c4ccccc4)ccc4c5ccccc5n-3c24)=NC1C1=CCC(C)C=C1. The van der Waals surface area contributed by atoms with Crippen LogP contribution < -0.4 is 0 Å². The molecule has 0 radical (unpaired) electrons. The Morgan fingerprint density at radius 1 is 0.655 bits per heavy atom. The summed E-state index contributed by atoms with van der Waals surface area (Å²) in [5.74, 6) is 1.98. The van der Waals surface area contributed by atoms with Crippen LogP contribution in [0.1, 0.15) is 46.7 Å². The monoisotopic (exact) mass is 745 g/mol. The molecule has 4 nitrogen and oxygen atoms in total. The van der Waals surface area contributed by atoms with Crippen molar-refractivity contribution in [1.82, 2.24) is 4.57 Å². The third-order valence-electron chi connectivity index (χ3n) is 12.3. The van der Waals surface area contributed by atoms with Gasteiger partial charge in [-0.25, -0.2) is 4.58 Å². The molecule has 0 spiro atoms. The highest BCUT2D eigenvalue weighted by molar-refractivity contribution is 6.15. The zero-order chi connectivity index (χ0) is 38.8. The molecule has 11 rings (SSSR count). The first kappa shape index (κ1) is 34.1. The van der Waals surface area contributed by atoms with E-state index in [4.69, 9.17) is 9.98 Å². The fraction of sp³-hybridized carbons (Fsp3) is 0.0926. The zero-order valence-electron chi connectivity index (χ0n) is 32.3. The number of aromatic nitrogens is 1. The minimum Gasteiger partial charge on any atom is -0.309 e. The summed E-state index contributed by atoms with van der Waals surface area (Å²) < 4.78 is 4.49. The lowest BCUT2D eigenvalue weighted by molar-refractivity contribution is -0.431. The number of para-hydroxylation sites is 1. The summed E-state index contributed by atoms with van der Waals surface area (Å²) in [4.78, 5) is 10.8. The van der Waals surface area contributed by atoms with Crippen molar-refractivity contribution in [2.75, 3.05) is 0 Å². The minimum atomic E-state index is -0.716. The molecule has 3 heterocycles. The highest BCUT2D eigenvalue weighted by Gasteiger charge is 2.47. The summed E-state index contributed by atoms with van der Waals surface area (Å²) >= 11 is 0. The van der Waals surface area contributed by atoms with E-state index in [-0.39, 0.29) is 6.17 Å². The summed E-state index contributed by atoms with van der Waals surface area (Å²) in [5, 5.41) is 2.48. The number of hydrogen-bond donors (Lipinski definition) is 0. The topological polar surface area (TPSA) is 32.7 Å². The van der Waals surface area contributed by atoms with Gasteiger partial charge >= 0.3 is 5.84 Å². The molecule has 4 heteroatoms. The van der Waals surface area contributed by atoms with Gasteiger partial charge in [0, 0.05) is 27.5 Å². The van der Waals surface area contributed by atoms with Gasteiger partial charge in [0.15, 0.2) is 0 Å². The van der Waals surface area contributed by atoms with Crippen molar-refractivity contribution >= 4 is 40.2 Å². The maximum atomic E-state index is 5.45. The summed E-state index contributed by atoms with van der Waals surface area (Å²) in [6.45, 7) is 6.81. The molecule has 0 fully saturated rings. The number of allylic oxidation sites excluding steroid dienone is 2. The van der Waals surface area contributed by atoms with Crippen molar-refractivity contribution < 1.29 is 4.58 Å². The van der Waals surface area contributed by atoms with E-state index in [1.165, 1.54) is 55.2 Å². The highest BCUT2D eigenvalue weighted by atomic mass is 15.2. The number of fused-ring (bicyclic) bond motifs is 5. The van der Waals surface area contributed by atoms with Crippen LogP contribution in [0.25, 0.3) is 38.6 Å². The zero-order valence-corrected chi connectivity index (χ0v) is 32.3. The molecule has 7 aromatic carbocycles. The molecule has 1 aromatic heterocycles. The summed E-state index contributed by atoms with van der Waals surface area (Å²) in [6.07, 6.45) is 7.46. The molecule has 0 saturated heterocycles. The highest BCUT2D eigenvalue weighted by Crippen LogP contribution is 2.57. The van der Waals surface area contributed by atoms with Gasteiger partial charge in [0.05, 0.1) is 34.4 Å². The third kappa shape index (κ3) is 5.11. The molecule has 0 saturated carbocycles. The van der Waals surface area contributed by atoms with Crippen LogP contribution in [0, 0.1) is 5.92 Å². The van der Waals surface area contributed by atoms with Crippen molar-refractivity contribution in [3.05, 3.63) is 233 Å². The Hall–Kier alpha value is -7.17. The second-order valence-corrected chi connectivity index (χ2v) is 15.7. The van der Waals surface area contributed by atoms with Gasteiger partial charge < -0.3 is 4.57 Å². The second-order valence-electron chi connectivity index (χ2n) is 15.7. The average molecular weight is 746 g/mol. The molecule has 58 heavy (non-hydrogen) atoms. The third-order valence-corrected chi connectivity index (χ3v) is 12.3. The molecule has 3 aliphatic rings. The van der Waals surface area contributed by atoms with Crippen molar-refractivity contribution in [1.29, 1.82) is 0 Å². The van der Waals surface area contributed by atoms with Gasteiger partial charge in [-0.2, -0.15) is 4.99 Å². The van der Waals surface area contributed by atoms with E-state index >= 15 is 0 Å². The Morgan fingerprint density at radius 2 is 1.29 bits per heavy atom. The van der Waals surface area contributed by atoms with E-state index in [1.54, 1.807) is 0 Å². The number of nitrogens with zero attached hydrogens (tertiary/aromatic N) is 4.